The molecule has 6 heteroatoms. The number of anilines is 1. The van der Waals surface area contributed by atoms with Gasteiger partial charge in [0.1, 0.15) is 12.3 Å². The van der Waals surface area contributed by atoms with E-state index in [-0.39, 0.29) is 11.9 Å². The Bertz CT molecular complexity index is 549. The van der Waals surface area contributed by atoms with Gasteiger partial charge in [-0.2, -0.15) is 4.98 Å². The van der Waals surface area contributed by atoms with Gasteiger partial charge in [-0.3, -0.25) is 9.69 Å². The fourth-order valence-corrected chi connectivity index (χ4v) is 3.29. The maximum atomic E-state index is 12.5. The van der Waals surface area contributed by atoms with Crippen molar-refractivity contribution >= 4 is 23.1 Å². The van der Waals surface area contributed by atoms with Gasteiger partial charge in [0, 0.05) is 11.4 Å². The molecule has 0 fully saturated rings. The molecule has 0 bridgehead atoms. The van der Waals surface area contributed by atoms with E-state index in [0.29, 0.717) is 12.4 Å². The molecule has 0 spiro atoms. The number of nitrogens with zero attached hydrogens (tertiary/aromatic N) is 2. The standard InChI is InChI=1S/C12H13N3O2S/c1-13-10-11-8(3-5-18-11)2-4-15(12(10)16)9-6-17-7-14-9/h3,5-7,10,13H,2,4H2,1H3. The lowest BCUT2D eigenvalue weighted by molar-refractivity contribution is -0.120. The van der Waals surface area contributed by atoms with Crippen LogP contribution in [0.4, 0.5) is 5.82 Å². The maximum absolute atomic E-state index is 12.5. The Morgan fingerprint density at radius 2 is 2.50 bits per heavy atom. The number of amides is 1. The number of rotatable bonds is 2. The minimum Gasteiger partial charge on any atom is -0.449 e. The van der Waals surface area contributed by atoms with Crippen LogP contribution in [0.25, 0.3) is 0 Å². The quantitative estimate of drug-likeness (QED) is 0.894. The third kappa shape index (κ3) is 1.74. The molecule has 1 aliphatic heterocycles. The molecule has 1 atom stereocenters. The van der Waals surface area contributed by atoms with Gasteiger partial charge in [-0.25, -0.2) is 0 Å². The Morgan fingerprint density at radius 3 is 3.22 bits per heavy atom. The molecular weight excluding hydrogens is 250 g/mol. The van der Waals surface area contributed by atoms with Crippen molar-refractivity contribution in [2.75, 3.05) is 18.5 Å². The summed E-state index contributed by atoms with van der Waals surface area (Å²) in [4.78, 5) is 19.4. The molecule has 2 aromatic heterocycles. The Balaban J connectivity index is 1.99. The van der Waals surface area contributed by atoms with Gasteiger partial charge in [0.2, 0.25) is 0 Å². The van der Waals surface area contributed by atoms with Crippen molar-refractivity contribution in [2.24, 2.45) is 0 Å². The summed E-state index contributed by atoms with van der Waals surface area (Å²) in [6.45, 7) is 0.632. The van der Waals surface area contributed by atoms with E-state index in [1.807, 2.05) is 5.38 Å². The summed E-state index contributed by atoms with van der Waals surface area (Å²) in [5.74, 6) is 0.600. The summed E-state index contributed by atoms with van der Waals surface area (Å²) < 4.78 is 4.96. The zero-order valence-corrected chi connectivity index (χ0v) is 10.7. The first-order chi connectivity index (χ1) is 8.81. The number of aromatic nitrogens is 1. The van der Waals surface area contributed by atoms with E-state index in [1.165, 1.54) is 18.2 Å². The summed E-state index contributed by atoms with van der Waals surface area (Å²) in [5.41, 5.74) is 1.23. The van der Waals surface area contributed by atoms with Gasteiger partial charge in [-0.15, -0.1) is 11.3 Å². The number of carbonyl (C=O) groups excluding carboxylic acids is 1. The number of hydrogen-bond donors (Lipinski definition) is 1. The van der Waals surface area contributed by atoms with Crippen LogP contribution in [0.2, 0.25) is 0 Å². The molecule has 1 N–H and O–H groups in total. The van der Waals surface area contributed by atoms with E-state index in [2.05, 4.69) is 16.4 Å². The number of carbonyl (C=O) groups is 1. The SMILES string of the molecule is CNC1C(=O)N(c2cocn2)CCc2ccsc21. The van der Waals surface area contributed by atoms with Crippen molar-refractivity contribution < 1.29 is 9.21 Å². The Kier molecular flexibility index (Phi) is 2.89. The van der Waals surface area contributed by atoms with Gasteiger partial charge in [0.15, 0.2) is 12.2 Å². The number of nitrogens with one attached hydrogen (secondary N) is 1. The molecule has 0 radical (unpaired) electrons. The molecule has 0 aromatic carbocycles. The van der Waals surface area contributed by atoms with E-state index in [1.54, 1.807) is 23.3 Å². The Hall–Kier alpha value is -1.66. The first-order valence-electron chi connectivity index (χ1n) is 5.74. The lowest BCUT2D eigenvalue weighted by Crippen LogP contribution is -2.39. The van der Waals surface area contributed by atoms with Crippen molar-refractivity contribution in [3.05, 3.63) is 34.5 Å². The van der Waals surface area contributed by atoms with Crippen LogP contribution in [0.15, 0.2) is 28.5 Å². The highest BCUT2D eigenvalue weighted by atomic mass is 32.1. The maximum Gasteiger partial charge on any atom is 0.250 e. The van der Waals surface area contributed by atoms with E-state index >= 15 is 0 Å². The molecule has 0 saturated heterocycles. The molecule has 0 saturated carbocycles. The third-order valence-electron chi connectivity index (χ3n) is 3.15. The number of likely N-dealkylation sites (N-methyl/N-ethyl adjacent to an activating group) is 1. The summed E-state index contributed by atoms with van der Waals surface area (Å²) in [6, 6.07) is 1.79. The molecule has 94 valence electrons. The Morgan fingerprint density at radius 1 is 1.61 bits per heavy atom. The van der Waals surface area contributed by atoms with Crippen molar-refractivity contribution in [3.8, 4) is 0 Å². The van der Waals surface area contributed by atoms with Crippen LogP contribution in [0.5, 0.6) is 0 Å². The van der Waals surface area contributed by atoms with Crippen LogP contribution >= 0.6 is 11.3 Å². The third-order valence-corrected chi connectivity index (χ3v) is 4.17. The lowest BCUT2D eigenvalue weighted by atomic mass is 10.1. The second-order valence-electron chi connectivity index (χ2n) is 4.12. The first kappa shape index (κ1) is 11.4. The molecule has 3 heterocycles. The van der Waals surface area contributed by atoms with Crippen molar-refractivity contribution in [1.29, 1.82) is 0 Å². The zero-order valence-electron chi connectivity index (χ0n) is 9.92. The second kappa shape index (κ2) is 4.55. The average molecular weight is 263 g/mol. The summed E-state index contributed by atoms with van der Waals surface area (Å²) >= 11 is 1.62. The topological polar surface area (TPSA) is 58.4 Å². The first-order valence-corrected chi connectivity index (χ1v) is 6.62. The zero-order chi connectivity index (χ0) is 12.5. The molecule has 18 heavy (non-hydrogen) atoms. The molecular formula is C12H13N3O2S. The molecule has 3 rings (SSSR count). The van der Waals surface area contributed by atoms with Crippen molar-refractivity contribution in [1.82, 2.24) is 10.3 Å². The fourth-order valence-electron chi connectivity index (χ4n) is 2.24. The van der Waals surface area contributed by atoms with Crippen molar-refractivity contribution in [2.45, 2.75) is 12.5 Å². The molecule has 1 aliphatic rings. The average Bonchev–Trinajstić information content (AvgIpc) is 3.01. The van der Waals surface area contributed by atoms with E-state index in [9.17, 15) is 4.79 Å². The van der Waals surface area contributed by atoms with Crippen LogP contribution in [0.3, 0.4) is 0 Å². The van der Waals surface area contributed by atoms with Crippen LogP contribution in [-0.2, 0) is 11.2 Å². The van der Waals surface area contributed by atoms with Gasteiger partial charge in [-0.1, -0.05) is 0 Å². The minimum absolute atomic E-state index is 0.0209. The molecule has 2 aromatic rings. The van der Waals surface area contributed by atoms with E-state index in [4.69, 9.17) is 4.42 Å². The molecule has 5 nitrogen and oxygen atoms in total. The number of thiophene rings is 1. The predicted octanol–water partition coefficient (Wildman–Crippen LogP) is 1.59. The van der Waals surface area contributed by atoms with Crippen LogP contribution in [0, 0.1) is 0 Å². The summed E-state index contributed by atoms with van der Waals surface area (Å²) in [7, 11) is 1.80. The van der Waals surface area contributed by atoms with Gasteiger partial charge in [-0.05, 0) is 30.5 Å². The van der Waals surface area contributed by atoms with Gasteiger partial charge in [0.05, 0.1) is 0 Å². The highest BCUT2D eigenvalue weighted by Crippen LogP contribution is 2.30. The molecule has 1 amide bonds. The van der Waals surface area contributed by atoms with Gasteiger partial charge >= 0.3 is 0 Å². The normalized spacial score (nSPS) is 19.7. The smallest absolute Gasteiger partial charge is 0.250 e. The Labute approximate surface area is 108 Å². The van der Waals surface area contributed by atoms with Crippen LogP contribution in [0.1, 0.15) is 16.5 Å². The van der Waals surface area contributed by atoms with E-state index in [0.717, 1.165) is 11.3 Å². The summed E-state index contributed by atoms with van der Waals surface area (Å²) in [5, 5.41) is 5.12. The van der Waals surface area contributed by atoms with Crippen molar-refractivity contribution in [3.63, 3.8) is 0 Å². The van der Waals surface area contributed by atoms with Crippen LogP contribution in [-0.4, -0.2) is 24.5 Å². The minimum atomic E-state index is -0.292. The number of hydrogen-bond acceptors (Lipinski definition) is 5. The second-order valence-corrected chi connectivity index (χ2v) is 5.07. The number of oxazole rings is 1. The van der Waals surface area contributed by atoms with Gasteiger partial charge in [0.25, 0.3) is 5.91 Å². The van der Waals surface area contributed by atoms with E-state index < -0.39 is 0 Å². The van der Waals surface area contributed by atoms with Crippen LogP contribution < -0.4 is 10.2 Å². The van der Waals surface area contributed by atoms with Gasteiger partial charge < -0.3 is 9.73 Å². The lowest BCUT2D eigenvalue weighted by Gasteiger charge is -2.21. The highest BCUT2D eigenvalue weighted by Gasteiger charge is 2.32. The predicted molar refractivity (Wildman–Crippen MR) is 68.7 cm³/mol. The largest absolute Gasteiger partial charge is 0.449 e. The monoisotopic (exact) mass is 263 g/mol. The number of fused-ring (bicyclic) bond motifs is 1. The molecule has 1 unspecified atom stereocenters. The summed E-state index contributed by atoms with van der Waals surface area (Å²) in [6.07, 6.45) is 3.69. The highest BCUT2D eigenvalue weighted by molar-refractivity contribution is 7.10. The molecule has 0 aliphatic carbocycles. The fraction of sp³-hybridized carbons (Fsp3) is 0.333.